The molecule has 0 bridgehead atoms. The van der Waals surface area contributed by atoms with E-state index in [4.69, 9.17) is 17.2 Å². The number of benzene rings is 1. The van der Waals surface area contributed by atoms with Crippen LogP contribution in [0.3, 0.4) is 0 Å². The van der Waals surface area contributed by atoms with Crippen molar-refractivity contribution < 1.29 is 63.4 Å². The Morgan fingerprint density at radius 2 is 1.53 bits per heavy atom. The van der Waals surface area contributed by atoms with Crippen molar-refractivity contribution in [2.75, 3.05) is 37.7 Å². The fourth-order valence-electron chi connectivity index (χ4n) is 5.70. The average molecular weight is 872 g/mol. The second-order valence-electron chi connectivity index (χ2n) is 13.2. The lowest BCUT2D eigenvalue weighted by molar-refractivity contribution is -0.385. The molecule has 1 aromatic rings. The number of phenols is 1. The highest BCUT2D eigenvalue weighted by molar-refractivity contribution is 8.76. The van der Waals surface area contributed by atoms with Crippen LogP contribution in [0.5, 0.6) is 5.75 Å². The van der Waals surface area contributed by atoms with E-state index >= 15 is 0 Å². The molecule has 2 heterocycles. The van der Waals surface area contributed by atoms with Crippen molar-refractivity contribution in [1.82, 2.24) is 36.8 Å². The van der Waals surface area contributed by atoms with Gasteiger partial charge >= 0.3 is 11.7 Å². The maximum atomic E-state index is 13.5. The summed E-state index contributed by atoms with van der Waals surface area (Å²) in [4.78, 5) is 128. The number of carbonyl (C=O) groups excluding carboxylic acids is 8. The minimum absolute atomic E-state index is 0.0553. The first-order chi connectivity index (χ1) is 27.8. The number of carboxylic acids is 1. The topological polar surface area (TPSA) is 411 Å². The number of nitrogens with one attached hydrogen (secondary N) is 6. The molecule has 2 aliphatic heterocycles. The molecule has 1 aromatic carbocycles. The number of carbonyl (C=O) groups is 9. The van der Waals surface area contributed by atoms with Crippen molar-refractivity contribution in [1.29, 1.82) is 0 Å². The summed E-state index contributed by atoms with van der Waals surface area (Å²) < 4.78 is 0. The van der Waals surface area contributed by atoms with Gasteiger partial charge in [0.2, 0.25) is 47.3 Å². The van der Waals surface area contributed by atoms with Crippen molar-refractivity contribution in [3.63, 3.8) is 0 Å². The molecule has 27 heteroatoms. The van der Waals surface area contributed by atoms with Crippen LogP contribution in [-0.2, 0) is 49.6 Å². The summed E-state index contributed by atoms with van der Waals surface area (Å²) in [5.74, 6) is -10.3. The highest BCUT2D eigenvalue weighted by Crippen LogP contribution is 2.27. The molecule has 0 aliphatic carbocycles. The van der Waals surface area contributed by atoms with Gasteiger partial charge in [0.05, 0.1) is 36.6 Å². The lowest BCUT2D eigenvalue weighted by atomic mass is 10.0. The normalized spacial score (nSPS) is 26.3. The Balaban J connectivity index is 1.94. The van der Waals surface area contributed by atoms with Crippen LogP contribution in [0.15, 0.2) is 18.2 Å². The standard InChI is InChI=1S/C32H45N11O14S2/c33-4-3-17-31(54)41-20(27(35)50)13-59-58-12-16(34)28(51)40-19(8-26(48)49)30(53)36-9-24(46)38-18(5-14-1-2-23(45)21(6-14)43(56)57)29(52)37-10-25(47)42-11-15(44)7-22(42)32(55)39-17/h1-2,6,15-20,22,44-45H,3-5,7-13,33-34H2,(H2,35,50)(H,36,53)(H,37,52)(H,38,46)(H,39,55)(H,40,51)(H,41,54)(H,48,49)/t15-,16-,17+,18+,19-,20-,22+/m1/s1. The number of nitro benzene ring substituents is 1. The third-order valence-corrected chi connectivity index (χ3v) is 11.2. The van der Waals surface area contributed by atoms with E-state index in [9.17, 15) is 68.6 Å². The number of rotatable bonds is 8. The molecule has 15 N–H and O–H groups in total. The van der Waals surface area contributed by atoms with Gasteiger partial charge < -0.3 is 69.3 Å². The summed E-state index contributed by atoms with van der Waals surface area (Å²) in [5, 5.41) is 54.9. The van der Waals surface area contributed by atoms with E-state index in [1.807, 2.05) is 0 Å². The molecule has 0 radical (unpaired) electrons. The first kappa shape index (κ1) is 47.6. The number of phenolic OH excluding ortho intramolecular Hbond substituents is 1. The second kappa shape index (κ2) is 22.4. The maximum Gasteiger partial charge on any atom is 0.310 e. The van der Waals surface area contributed by atoms with Crippen LogP contribution in [-0.4, -0.2) is 158 Å². The summed E-state index contributed by atoms with van der Waals surface area (Å²) in [7, 11) is 1.94. The molecular weight excluding hydrogens is 827 g/mol. The quantitative estimate of drug-likeness (QED) is 0.0657. The maximum absolute atomic E-state index is 13.5. The van der Waals surface area contributed by atoms with Crippen molar-refractivity contribution in [2.24, 2.45) is 17.2 Å². The fourth-order valence-corrected chi connectivity index (χ4v) is 7.99. The minimum Gasteiger partial charge on any atom is -0.502 e. The fraction of sp³-hybridized carbons (Fsp3) is 0.531. The van der Waals surface area contributed by atoms with E-state index in [-0.39, 0.29) is 43.0 Å². The van der Waals surface area contributed by atoms with Gasteiger partial charge in [0, 0.05) is 37.0 Å². The predicted octanol–water partition coefficient (Wildman–Crippen LogP) is -5.99. The number of aliphatic hydroxyl groups is 1. The Kier molecular flexibility index (Phi) is 18.1. The van der Waals surface area contributed by atoms with Crippen LogP contribution in [0.25, 0.3) is 0 Å². The van der Waals surface area contributed by atoms with Crippen molar-refractivity contribution in [2.45, 2.75) is 68.0 Å². The van der Waals surface area contributed by atoms with Crippen LogP contribution in [0.2, 0.25) is 0 Å². The molecule has 2 saturated heterocycles. The lowest BCUT2D eigenvalue weighted by Crippen LogP contribution is -2.57. The van der Waals surface area contributed by atoms with Crippen LogP contribution < -0.4 is 49.1 Å². The predicted molar refractivity (Wildman–Crippen MR) is 206 cm³/mol. The number of aromatic hydroxyl groups is 1. The van der Waals surface area contributed by atoms with Gasteiger partial charge in [0.15, 0.2) is 5.75 Å². The monoisotopic (exact) mass is 871 g/mol. The van der Waals surface area contributed by atoms with Crippen molar-refractivity contribution >= 4 is 80.5 Å². The third-order valence-electron chi connectivity index (χ3n) is 8.73. The lowest BCUT2D eigenvalue weighted by Gasteiger charge is -2.27. The van der Waals surface area contributed by atoms with Gasteiger partial charge in [-0.25, -0.2) is 0 Å². The molecule has 8 amide bonds. The van der Waals surface area contributed by atoms with E-state index < -0.39 is 138 Å². The molecule has 25 nitrogen and oxygen atoms in total. The number of amides is 8. The summed E-state index contributed by atoms with van der Waals surface area (Å²) in [5.41, 5.74) is 16.4. The second-order valence-corrected chi connectivity index (χ2v) is 15.8. The molecule has 0 saturated carbocycles. The number of primary amides is 1. The smallest absolute Gasteiger partial charge is 0.310 e. The number of carboxylic acid groups (broad SMARTS) is 1. The zero-order valence-electron chi connectivity index (χ0n) is 31.1. The van der Waals surface area contributed by atoms with Gasteiger partial charge in [0.25, 0.3) is 0 Å². The largest absolute Gasteiger partial charge is 0.502 e. The number of nitro groups is 1. The third kappa shape index (κ3) is 14.5. The SMILES string of the molecule is NCC[C@@H]1NC(=O)[C@@H]2C[C@@H](O)CN2C(=O)CNC(=O)[C@H](Cc2ccc(O)c([N+](=O)[O-])c2)NC(=O)CNC(=O)[C@@H](CC(=O)O)NC(=O)[C@H](N)CSSC[C@H](C(N)=O)NC1=O. The van der Waals surface area contributed by atoms with Gasteiger partial charge in [-0.15, -0.1) is 0 Å². The van der Waals surface area contributed by atoms with Crippen LogP contribution in [0.1, 0.15) is 24.8 Å². The number of hydrogen-bond acceptors (Lipinski definition) is 17. The Morgan fingerprint density at radius 1 is 0.881 bits per heavy atom. The Bertz CT molecular complexity index is 1810. The van der Waals surface area contributed by atoms with Gasteiger partial charge in [-0.05, 0) is 24.6 Å². The number of nitrogens with zero attached hydrogens (tertiary/aromatic N) is 2. The van der Waals surface area contributed by atoms with E-state index in [1.54, 1.807) is 0 Å². The van der Waals surface area contributed by atoms with Gasteiger partial charge in [-0.2, -0.15) is 0 Å². The molecule has 0 unspecified atom stereocenters. The summed E-state index contributed by atoms with van der Waals surface area (Å²) in [6.45, 7) is -2.16. The van der Waals surface area contributed by atoms with E-state index in [0.717, 1.165) is 38.6 Å². The molecule has 0 aromatic heterocycles. The van der Waals surface area contributed by atoms with E-state index in [1.165, 1.54) is 6.07 Å². The Labute approximate surface area is 342 Å². The molecule has 7 atom stereocenters. The molecule has 324 valence electrons. The summed E-state index contributed by atoms with van der Waals surface area (Å²) >= 11 is 0. The zero-order valence-corrected chi connectivity index (χ0v) is 32.8. The van der Waals surface area contributed by atoms with Gasteiger partial charge in [-0.3, -0.25) is 53.3 Å². The van der Waals surface area contributed by atoms with Crippen molar-refractivity contribution in [3.8, 4) is 5.75 Å². The van der Waals surface area contributed by atoms with Crippen LogP contribution in [0.4, 0.5) is 5.69 Å². The molecule has 2 fully saturated rings. The number of aliphatic hydroxyl groups excluding tert-OH is 1. The van der Waals surface area contributed by atoms with E-state index in [2.05, 4.69) is 31.9 Å². The van der Waals surface area contributed by atoms with Crippen molar-refractivity contribution in [3.05, 3.63) is 33.9 Å². The van der Waals surface area contributed by atoms with Gasteiger partial charge in [-0.1, -0.05) is 27.7 Å². The Morgan fingerprint density at radius 3 is 2.17 bits per heavy atom. The highest BCUT2D eigenvalue weighted by atomic mass is 33.1. The number of aliphatic carboxylic acids is 1. The summed E-state index contributed by atoms with van der Waals surface area (Å²) in [6.07, 6.45) is -3.00. The molecule has 0 spiro atoms. The molecular formula is C32H45N11O14S2. The highest BCUT2D eigenvalue weighted by Gasteiger charge is 2.40. The summed E-state index contributed by atoms with van der Waals surface area (Å²) in [6, 6.07) is -5.54. The van der Waals surface area contributed by atoms with E-state index in [0.29, 0.717) is 0 Å². The number of fused-ring (bicyclic) bond motifs is 1. The molecule has 59 heavy (non-hydrogen) atoms. The van der Waals surface area contributed by atoms with Crippen LogP contribution >= 0.6 is 21.6 Å². The van der Waals surface area contributed by atoms with Crippen LogP contribution in [0, 0.1) is 10.1 Å². The zero-order chi connectivity index (χ0) is 44.0. The average Bonchev–Trinajstić information content (AvgIpc) is 3.57. The number of nitrogens with two attached hydrogens (primary N) is 3. The van der Waals surface area contributed by atoms with Gasteiger partial charge in [0.1, 0.15) is 30.2 Å². The Hall–Kier alpha value is -5.77. The molecule has 2 aliphatic rings. The first-order valence-electron chi connectivity index (χ1n) is 17.7. The number of hydrogen-bond donors (Lipinski definition) is 12. The first-order valence-corrected chi connectivity index (χ1v) is 20.2. The minimum atomic E-state index is -1.73. The molecule has 3 rings (SSSR count).